The van der Waals surface area contributed by atoms with Gasteiger partial charge in [-0.05, 0) is 19.1 Å². The summed E-state index contributed by atoms with van der Waals surface area (Å²) < 4.78 is 34.0. The van der Waals surface area contributed by atoms with E-state index in [1.54, 1.807) is 30.8 Å². The highest BCUT2D eigenvalue weighted by molar-refractivity contribution is 7.89. The first-order valence-electron chi connectivity index (χ1n) is 7.81. The molecule has 8 nitrogen and oxygen atoms in total. The normalized spacial score (nSPS) is 17.5. The minimum absolute atomic E-state index is 0.106. The third-order valence-electron chi connectivity index (χ3n) is 4.27. The Morgan fingerprint density at radius 2 is 1.88 bits per heavy atom. The van der Waals surface area contributed by atoms with Gasteiger partial charge in [-0.15, -0.1) is 0 Å². The summed E-state index contributed by atoms with van der Waals surface area (Å²) in [5.41, 5.74) is 0. The zero-order valence-electron chi connectivity index (χ0n) is 13.8. The quantitative estimate of drug-likeness (QED) is 0.831. The van der Waals surface area contributed by atoms with Crippen molar-refractivity contribution in [2.24, 2.45) is 7.05 Å². The maximum atomic E-state index is 12.6. The Hall–Kier alpha value is -1.68. The maximum absolute atomic E-state index is 12.6. The van der Waals surface area contributed by atoms with Crippen molar-refractivity contribution in [3.05, 3.63) is 35.7 Å². The fraction of sp³-hybridized carbons (Fsp3) is 0.533. The van der Waals surface area contributed by atoms with Crippen LogP contribution in [0, 0.1) is 6.92 Å². The third kappa shape index (κ3) is 3.39. The number of hydrogen-bond acceptors (Lipinski definition) is 6. The van der Waals surface area contributed by atoms with Crippen molar-refractivity contribution in [2.45, 2.75) is 25.1 Å². The van der Waals surface area contributed by atoms with Crippen LogP contribution in [0.3, 0.4) is 0 Å². The average Bonchev–Trinajstić information content (AvgIpc) is 3.15. The monoisotopic (exact) mass is 354 g/mol. The molecule has 1 saturated heterocycles. The molecule has 0 unspecified atom stereocenters. The lowest BCUT2D eigenvalue weighted by Gasteiger charge is -2.32. The summed E-state index contributed by atoms with van der Waals surface area (Å²) >= 11 is 0. The van der Waals surface area contributed by atoms with Crippen LogP contribution in [0.4, 0.5) is 0 Å². The lowest BCUT2D eigenvalue weighted by Crippen LogP contribution is -2.48. The summed E-state index contributed by atoms with van der Waals surface area (Å²) in [6.45, 7) is 4.37. The Bertz CT molecular complexity index is 784. The standard InChI is InChI=1S/C15H22N4O4S/c1-12-16-15(10-17(12)2)24(21,22)19-7-5-18(6-8-19)9-13-3-4-14(11-20)23-13/h3-4,10,20H,5-9,11H2,1-2H3. The van der Waals surface area contributed by atoms with Gasteiger partial charge in [0.15, 0.2) is 5.03 Å². The molecule has 0 amide bonds. The van der Waals surface area contributed by atoms with Crippen molar-refractivity contribution in [3.63, 3.8) is 0 Å². The molecule has 0 bridgehead atoms. The van der Waals surface area contributed by atoms with E-state index >= 15 is 0 Å². The number of aliphatic hydroxyl groups is 1. The number of piperazine rings is 1. The van der Waals surface area contributed by atoms with Gasteiger partial charge in [0.25, 0.3) is 10.0 Å². The molecule has 1 aliphatic heterocycles. The van der Waals surface area contributed by atoms with E-state index in [2.05, 4.69) is 9.88 Å². The summed E-state index contributed by atoms with van der Waals surface area (Å²) in [6, 6.07) is 3.59. The number of hydrogen-bond donors (Lipinski definition) is 1. The number of furan rings is 1. The smallest absolute Gasteiger partial charge is 0.262 e. The largest absolute Gasteiger partial charge is 0.462 e. The molecule has 0 radical (unpaired) electrons. The summed E-state index contributed by atoms with van der Waals surface area (Å²) in [4.78, 5) is 6.27. The van der Waals surface area contributed by atoms with E-state index in [0.717, 1.165) is 5.76 Å². The van der Waals surface area contributed by atoms with Crippen LogP contribution in [0.5, 0.6) is 0 Å². The van der Waals surface area contributed by atoms with Crippen molar-refractivity contribution >= 4 is 10.0 Å². The topological polar surface area (TPSA) is 91.8 Å². The van der Waals surface area contributed by atoms with Crippen molar-refractivity contribution in [1.82, 2.24) is 18.8 Å². The average molecular weight is 354 g/mol. The van der Waals surface area contributed by atoms with Gasteiger partial charge in [0.2, 0.25) is 0 Å². The molecule has 0 aromatic carbocycles. The lowest BCUT2D eigenvalue weighted by molar-refractivity contribution is 0.166. The second-order valence-electron chi connectivity index (χ2n) is 5.94. The predicted octanol–water partition coefficient (Wildman–Crippen LogP) is 0.320. The van der Waals surface area contributed by atoms with Crippen LogP contribution in [0.1, 0.15) is 17.3 Å². The van der Waals surface area contributed by atoms with Crippen LogP contribution in [0.2, 0.25) is 0 Å². The summed E-state index contributed by atoms with van der Waals surface area (Å²) in [5, 5.41) is 9.13. The number of aliphatic hydroxyl groups excluding tert-OH is 1. The van der Waals surface area contributed by atoms with E-state index in [0.29, 0.717) is 44.3 Å². The third-order valence-corrected chi connectivity index (χ3v) is 6.04. The van der Waals surface area contributed by atoms with Gasteiger partial charge in [-0.1, -0.05) is 0 Å². The van der Waals surface area contributed by atoms with Gasteiger partial charge in [-0.25, -0.2) is 13.4 Å². The highest BCUT2D eigenvalue weighted by atomic mass is 32.2. The predicted molar refractivity (Wildman–Crippen MR) is 86.6 cm³/mol. The number of rotatable bonds is 5. The number of sulfonamides is 1. The van der Waals surface area contributed by atoms with Gasteiger partial charge in [-0.2, -0.15) is 4.31 Å². The molecule has 2 aromatic heterocycles. The molecule has 24 heavy (non-hydrogen) atoms. The van der Waals surface area contributed by atoms with Crippen LogP contribution in [-0.2, 0) is 30.2 Å². The molecule has 1 N–H and O–H groups in total. The molecule has 0 aliphatic carbocycles. The molecule has 3 heterocycles. The lowest BCUT2D eigenvalue weighted by atomic mass is 10.3. The Morgan fingerprint density at radius 1 is 1.21 bits per heavy atom. The van der Waals surface area contributed by atoms with Gasteiger partial charge in [0.05, 0.1) is 6.54 Å². The summed E-state index contributed by atoms with van der Waals surface area (Å²) in [6.07, 6.45) is 1.55. The fourth-order valence-corrected chi connectivity index (χ4v) is 4.17. The SMILES string of the molecule is Cc1nc(S(=O)(=O)N2CCN(Cc3ccc(CO)o3)CC2)cn1C. The van der Waals surface area contributed by atoms with E-state index in [1.165, 1.54) is 4.31 Å². The number of nitrogens with zero attached hydrogens (tertiary/aromatic N) is 4. The minimum Gasteiger partial charge on any atom is -0.462 e. The second kappa shape index (κ2) is 6.67. The van der Waals surface area contributed by atoms with E-state index < -0.39 is 10.0 Å². The molecule has 0 spiro atoms. The molecule has 132 valence electrons. The van der Waals surface area contributed by atoms with Crippen molar-refractivity contribution < 1.29 is 17.9 Å². The van der Waals surface area contributed by atoms with Gasteiger partial charge in [-0.3, -0.25) is 4.90 Å². The van der Waals surface area contributed by atoms with Gasteiger partial charge >= 0.3 is 0 Å². The molecule has 1 fully saturated rings. The van der Waals surface area contributed by atoms with Crippen LogP contribution < -0.4 is 0 Å². The van der Waals surface area contributed by atoms with Crippen LogP contribution in [0.15, 0.2) is 27.8 Å². The first-order valence-corrected chi connectivity index (χ1v) is 9.25. The van der Waals surface area contributed by atoms with E-state index in [-0.39, 0.29) is 11.6 Å². The second-order valence-corrected chi connectivity index (χ2v) is 7.83. The Labute approximate surface area is 141 Å². The van der Waals surface area contributed by atoms with Crippen LogP contribution in [-0.4, -0.2) is 58.5 Å². The van der Waals surface area contributed by atoms with Crippen molar-refractivity contribution in [3.8, 4) is 0 Å². The molecular weight excluding hydrogens is 332 g/mol. The first-order chi connectivity index (χ1) is 11.4. The molecule has 1 aliphatic rings. The van der Waals surface area contributed by atoms with E-state index in [4.69, 9.17) is 9.52 Å². The minimum atomic E-state index is -3.54. The maximum Gasteiger partial charge on any atom is 0.262 e. The summed E-state index contributed by atoms with van der Waals surface area (Å²) in [7, 11) is -1.76. The Kier molecular flexibility index (Phi) is 4.77. The van der Waals surface area contributed by atoms with Crippen molar-refractivity contribution in [2.75, 3.05) is 26.2 Å². The van der Waals surface area contributed by atoms with Gasteiger partial charge in [0.1, 0.15) is 24.0 Å². The number of aromatic nitrogens is 2. The number of imidazole rings is 1. The zero-order valence-corrected chi connectivity index (χ0v) is 14.7. The molecule has 9 heteroatoms. The van der Waals surface area contributed by atoms with E-state index in [9.17, 15) is 8.42 Å². The molecule has 2 aromatic rings. The fourth-order valence-electron chi connectivity index (χ4n) is 2.72. The Balaban J connectivity index is 1.62. The number of aryl methyl sites for hydroxylation is 2. The van der Waals surface area contributed by atoms with Crippen LogP contribution >= 0.6 is 0 Å². The molecule has 3 rings (SSSR count). The van der Waals surface area contributed by atoms with E-state index in [1.807, 2.05) is 6.07 Å². The van der Waals surface area contributed by atoms with Gasteiger partial charge in [0, 0.05) is 39.4 Å². The van der Waals surface area contributed by atoms with Crippen LogP contribution in [0.25, 0.3) is 0 Å². The van der Waals surface area contributed by atoms with Gasteiger partial charge < -0.3 is 14.1 Å². The molecule has 0 atom stereocenters. The zero-order chi connectivity index (χ0) is 17.3. The highest BCUT2D eigenvalue weighted by Gasteiger charge is 2.30. The highest BCUT2D eigenvalue weighted by Crippen LogP contribution is 2.18. The summed E-state index contributed by atoms with van der Waals surface area (Å²) in [5.74, 6) is 1.98. The first kappa shape index (κ1) is 17.2. The molecular formula is C15H22N4O4S. The van der Waals surface area contributed by atoms with Crippen molar-refractivity contribution in [1.29, 1.82) is 0 Å². The Morgan fingerprint density at radius 3 is 2.42 bits per heavy atom. The molecule has 0 saturated carbocycles.